The van der Waals surface area contributed by atoms with Crippen molar-refractivity contribution in [3.05, 3.63) is 30.5 Å². The predicted octanol–water partition coefficient (Wildman–Crippen LogP) is 2.86. The lowest BCUT2D eigenvalue weighted by molar-refractivity contribution is 0.0868. The van der Waals surface area contributed by atoms with Gasteiger partial charge in [-0.15, -0.1) is 0 Å². The van der Waals surface area contributed by atoms with Gasteiger partial charge in [0.15, 0.2) is 0 Å². The molecule has 2 aromatic rings. The summed E-state index contributed by atoms with van der Waals surface area (Å²) in [5.41, 5.74) is 1.82. The third-order valence-electron chi connectivity index (χ3n) is 3.72. The van der Waals surface area contributed by atoms with Crippen LogP contribution in [0.3, 0.4) is 0 Å². The minimum atomic E-state index is -0.193. The first-order valence-electron chi connectivity index (χ1n) is 6.99. The average Bonchev–Trinajstić information content (AvgIpc) is 3.10. The molecule has 0 unspecified atom stereocenters. The maximum Gasteiger partial charge on any atom is 0.319 e. The van der Waals surface area contributed by atoms with E-state index in [-0.39, 0.29) is 18.2 Å². The van der Waals surface area contributed by atoms with E-state index in [2.05, 4.69) is 15.6 Å². The van der Waals surface area contributed by atoms with Gasteiger partial charge in [-0.2, -0.15) is 0 Å². The minimum Gasteiger partial charge on any atom is -0.376 e. The number of amides is 2. The van der Waals surface area contributed by atoms with Crippen LogP contribution in [0.5, 0.6) is 0 Å². The third kappa shape index (κ3) is 2.63. The van der Waals surface area contributed by atoms with E-state index in [1.54, 1.807) is 0 Å². The number of benzene rings is 1. The molecule has 1 fully saturated rings. The molecule has 3 rings (SSSR count). The zero-order valence-corrected chi connectivity index (χ0v) is 11.5. The molecule has 1 aromatic heterocycles. The monoisotopic (exact) mass is 273 g/mol. The van der Waals surface area contributed by atoms with Gasteiger partial charge in [0, 0.05) is 23.7 Å². The average molecular weight is 273 g/mol. The molecule has 0 spiro atoms. The number of anilines is 1. The fourth-order valence-electron chi connectivity index (χ4n) is 2.65. The second-order valence-corrected chi connectivity index (χ2v) is 5.18. The lowest BCUT2D eigenvalue weighted by Gasteiger charge is -2.20. The molecule has 2 atom stereocenters. The van der Waals surface area contributed by atoms with E-state index in [1.807, 2.05) is 37.4 Å². The number of H-pyrrole nitrogens is 1. The first-order valence-corrected chi connectivity index (χ1v) is 6.99. The van der Waals surface area contributed by atoms with Crippen LogP contribution >= 0.6 is 0 Å². The van der Waals surface area contributed by atoms with Crippen molar-refractivity contribution >= 4 is 22.6 Å². The number of carbonyl (C=O) groups is 1. The Hall–Kier alpha value is -2.01. The molecule has 3 N–H and O–H groups in total. The molecule has 1 aliphatic rings. The summed E-state index contributed by atoms with van der Waals surface area (Å²) in [6.45, 7) is 2.77. The topological polar surface area (TPSA) is 66.2 Å². The molecule has 0 radical (unpaired) electrons. The summed E-state index contributed by atoms with van der Waals surface area (Å²) in [6.07, 6.45) is 4.07. The standard InChI is InChI=1S/C15H19N3O2/c1-10(14-6-3-9-20-14)17-15(19)18-13-5-2-4-12-11(13)7-8-16-12/h2,4-5,7-8,10,14,16H,3,6,9H2,1H3,(H2,17,18,19)/t10-,14-/m1/s1. The van der Waals surface area contributed by atoms with Crippen LogP contribution < -0.4 is 10.6 Å². The van der Waals surface area contributed by atoms with Crippen LogP contribution in [0.15, 0.2) is 30.5 Å². The van der Waals surface area contributed by atoms with E-state index in [0.29, 0.717) is 0 Å². The quantitative estimate of drug-likeness (QED) is 0.805. The molecule has 5 nitrogen and oxygen atoms in total. The lowest BCUT2D eigenvalue weighted by Crippen LogP contribution is -2.43. The summed E-state index contributed by atoms with van der Waals surface area (Å²) in [4.78, 5) is 15.2. The van der Waals surface area contributed by atoms with Crippen molar-refractivity contribution in [2.45, 2.75) is 31.9 Å². The van der Waals surface area contributed by atoms with Crippen LogP contribution in [-0.2, 0) is 4.74 Å². The Morgan fingerprint density at radius 3 is 3.15 bits per heavy atom. The molecule has 106 valence electrons. The van der Waals surface area contributed by atoms with Crippen LogP contribution in [-0.4, -0.2) is 29.8 Å². The molecule has 2 heterocycles. The zero-order valence-electron chi connectivity index (χ0n) is 11.5. The molecule has 1 saturated heterocycles. The Kier molecular flexibility index (Phi) is 3.60. The Morgan fingerprint density at radius 1 is 1.45 bits per heavy atom. The number of ether oxygens (including phenoxy) is 1. The molecule has 0 saturated carbocycles. The largest absolute Gasteiger partial charge is 0.376 e. The number of urea groups is 1. The van der Waals surface area contributed by atoms with Gasteiger partial charge in [0.1, 0.15) is 0 Å². The van der Waals surface area contributed by atoms with Gasteiger partial charge >= 0.3 is 6.03 Å². The van der Waals surface area contributed by atoms with Gasteiger partial charge in [-0.1, -0.05) is 6.07 Å². The van der Waals surface area contributed by atoms with E-state index < -0.39 is 0 Å². The Bertz CT molecular complexity index is 602. The Balaban J connectivity index is 1.65. The number of hydrogen-bond acceptors (Lipinski definition) is 2. The maximum atomic E-state index is 12.1. The second-order valence-electron chi connectivity index (χ2n) is 5.18. The van der Waals surface area contributed by atoms with Crippen molar-refractivity contribution in [3.63, 3.8) is 0 Å². The molecule has 1 aliphatic heterocycles. The summed E-state index contributed by atoms with van der Waals surface area (Å²) < 4.78 is 5.58. The van der Waals surface area contributed by atoms with Gasteiger partial charge in [-0.05, 0) is 38.0 Å². The number of rotatable bonds is 3. The fraction of sp³-hybridized carbons (Fsp3) is 0.400. The molecular formula is C15H19N3O2. The van der Waals surface area contributed by atoms with E-state index in [0.717, 1.165) is 36.0 Å². The van der Waals surface area contributed by atoms with Crippen LogP contribution in [0.1, 0.15) is 19.8 Å². The Morgan fingerprint density at radius 2 is 2.35 bits per heavy atom. The van der Waals surface area contributed by atoms with Gasteiger partial charge < -0.3 is 20.4 Å². The summed E-state index contributed by atoms with van der Waals surface area (Å²) in [5, 5.41) is 6.85. The highest BCUT2D eigenvalue weighted by molar-refractivity contribution is 6.00. The summed E-state index contributed by atoms with van der Waals surface area (Å²) in [5.74, 6) is 0. The van der Waals surface area contributed by atoms with Crippen molar-refractivity contribution < 1.29 is 9.53 Å². The van der Waals surface area contributed by atoms with Crippen molar-refractivity contribution in [1.82, 2.24) is 10.3 Å². The maximum absolute atomic E-state index is 12.1. The summed E-state index contributed by atoms with van der Waals surface area (Å²) in [7, 11) is 0. The zero-order chi connectivity index (χ0) is 13.9. The first kappa shape index (κ1) is 13.0. The molecular weight excluding hydrogens is 254 g/mol. The van der Waals surface area contributed by atoms with E-state index in [4.69, 9.17) is 4.74 Å². The predicted molar refractivity (Wildman–Crippen MR) is 78.9 cm³/mol. The van der Waals surface area contributed by atoms with E-state index >= 15 is 0 Å². The SMILES string of the molecule is C[C@@H](NC(=O)Nc1cccc2[nH]ccc12)[C@H]1CCCO1. The summed E-state index contributed by atoms with van der Waals surface area (Å²) in [6, 6.07) is 7.57. The minimum absolute atomic E-state index is 0.0166. The number of carbonyl (C=O) groups excluding carboxylic acids is 1. The van der Waals surface area contributed by atoms with Crippen LogP contribution in [0, 0.1) is 0 Å². The second kappa shape index (κ2) is 5.54. The molecule has 1 aromatic carbocycles. The number of nitrogens with one attached hydrogen (secondary N) is 3. The van der Waals surface area contributed by atoms with Gasteiger partial charge in [0.25, 0.3) is 0 Å². The van der Waals surface area contributed by atoms with Gasteiger partial charge in [-0.25, -0.2) is 4.79 Å². The number of fused-ring (bicyclic) bond motifs is 1. The number of hydrogen-bond donors (Lipinski definition) is 3. The Labute approximate surface area is 117 Å². The highest BCUT2D eigenvalue weighted by Crippen LogP contribution is 2.22. The number of aromatic nitrogens is 1. The third-order valence-corrected chi connectivity index (χ3v) is 3.72. The highest BCUT2D eigenvalue weighted by Gasteiger charge is 2.23. The highest BCUT2D eigenvalue weighted by atomic mass is 16.5. The van der Waals surface area contributed by atoms with E-state index in [9.17, 15) is 4.79 Å². The lowest BCUT2D eigenvalue weighted by atomic mass is 10.1. The number of aromatic amines is 1. The molecule has 2 amide bonds. The van der Waals surface area contributed by atoms with Crippen LogP contribution in [0.25, 0.3) is 10.9 Å². The fourth-order valence-corrected chi connectivity index (χ4v) is 2.65. The van der Waals surface area contributed by atoms with E-state index in [1.165, 1.54) is 0 Å². The van der Waals surface area contributed by atoms with Crippen molar-refractivity contribution in [2.24, 2.45) is 0 Å². The molecule has 5 heteroatoms. The smallest absolute Gasteiger partial charge is 0.319 e. The van der Waals surface area contributed by atoms with Crippen molar-refractivity contribution in [2.75, 3.05) is 11.9 Å². The summed E-state index contributed by atoms with van der Waals surface area (Å²) >= 11 is 0. The van der Waals surface area contributed by atoms with Gasteiger partial charge in [0.2, 0.25) is 0 Å². The molecule has 20 heavy (non-hydrogen) atoms. The van der Waals surface area contributed by atoms with Crippen LogP contribution in [0.2, 0.25) is 0 Å². The molecule has 0 bridgehead atoms. The van der Waals surface area contributed by atoms with Crippen molar-refractivity contribution in [1.29, 1.82) is 0 Å². The normalized spacial score (nSPS) is 19.9. The molecule has 0 aliphatic carbocycles. The van der Waals surface area contributed by atoms with Crippen LogP contribution in [0.4, 0.5) is 10.5 Å². The van der Waals surface area contributed by atoms with Gasteiger partial charge in [0.05, 0.1) is 17.8 Å². The van der Waals surface area contributed by atoms with Gasteiger partial charge in [-0.3, -0.25) is 0 Å². The van der Waals surface area contributed by atoms with Crippen molar-refractivity contribution in [3.8, 4) is 0 Å². The first-order chi connectivity index (χ1) is 9.74.